The molecule has 0 aromatic heterocycles. The Morgan fingerprint density at radius 1 is 1.22 bits per heavy atom. The Morgan fingerprint density at radius 2 is 1.94 bits per heavy atom. The van der Waals surface area contributed by atoms with Gasteiger partial charge in [0.15, 0.2) is 5.78 Å². The third-order valence-electron chi connectivity index (χ3n) is 5.71. The van der Waals surface area contributed by atoms with Crippen LogP contribution in [0.1, 0.15) is 41.1 Å². The molecule has 4 N–H and O–H groups in total. The minimum Gasteiger partial charge on any atom is -0.508 e. The zero-order valence-corrected chi connectivity index (χ0v) is 17.5. The largest absolute Gasteiger partial charge is 0.508 e. The summed E-state index contributed by atoms with van der Waals surface area (Å²) < 4.78 is 5.49. The van der Waals surface area contributed by atoms with Crippen molar-refractivity contribution in [2.24, 2.45) is 5.73 Å². The summed E-state index contributed by atoms with van der Waals surface area (Å²) >= 11 is 0. The number of hydrazine groups is 1. The first-order valence-corrected chi connectivity index (χ1v) is 10.1. The number of aromatic hydroxyl groups is 1. The lowest BCUT2D eigenvalue weighted by molar-refractivity contribution is -0.116. The van der Waals surface area contributed by atoms with E-state index in [1.54, 1.807) is 6.07 Å². The summed E-state index contributed by atoms with van der Waals surface area (Å²) in [7, 11) is 1.53. The molecule has 1 heterocycles. The van der Waals surface area contributed by atoms with Gasteiger partial charge in [-0.1, -0.05) is 18.2 Å². The quantitative estimate of drug-likeness (QED) is 0.680. The number of benzene rings is 2. The highest BCUT2D eigenvalue weighted by Crippen LogP contribution is 2.46. The predicted molar refractivity (Wildman–Crippen MR) is 116 cm³/mol. The second-order valence-electron chi connectivity index (χ2n) is 7.55. The van der Waals surface area contributed by atoms with E-state index >= 15 is 0 Å². The number of nitrogens with one attached hydrogen (secondary N) is 1. The SMILES string of the molecule is COc1ccccc1C1C(C#N)=C(N)N(NC(=O)c2ccc(O)cc2)C2=C1C(=O)CCC2. The Labute approximate surface area is 185 Å². The molecule has 0 bridgehead atoms. The van der Waals surface area contributed by atoms with Crippen LogP contribution < -0.4 is 15.9 Å². The highest BCUT2D eigenvalue weighted by Gasteiger charge is 2.41. The molecule has 2 aromatic carbocycles. The summed E-state index contributed by atoms with van der Waals surface area (Å²) in [6.07, 6.45) is 1.47. The van der Waals surface area contributed by atoms with Gasteiger partial charge in [-0.2, -0.15) is 5.26 Å². The molecule has 2 aliphatic rings. The van der Waals surface area contributed by atoms with Crippen molar-refractivity contribution in [3.05, 3.63) is 82.3 Å². The van der Waals surface area contributed by atoms with Crippen molar-refractivity contribution < 1.29 is 19.4 Å². The number of hydrogen-bond acceptors (Lipinski definition) is 7. The standard InChI is InChI=1S/C24H22N4O4/c1-32-20-8-3-2-5-16(20)21-17(13-25)23(26)28(18-6-4-7-19(30)22(18)21)27-24(31)14-9-11-15(29)12-10-14/h2-3,5,8-12,21,29H,4,6-7,26H2,1H3,(H,27,31). The molecule has 0 radical (unpaired) electrons. The van der Waals surface area contributed by atoms with Crippen LogP contribution in [-0.4, -0.2) is 28.9 Å². The van der Waals surface area contributed by atoms with Crippen molar-refractivity contribution in [2.75, 3.05) is 7.11 Å². The molecule has 8 heteroatoms. The van der Waals surface area contributed by atoms with E-state index in [1.807, 2.05) is 18.2 Å². The number of carbonyl (C=O) groups is 2. The van der Waals surface area contributed by atoms with Crippen LogP contribution in [0.3, 0.4) is 0 Å². The van der Waals surface area contributed by atoms with Crippen molar-refractivity contribution in [1.82, 2.24) is 10.4 Å². The van der Waals surface area contributed by atoms with Crippen LogP contribution >= 0.6 is 0 Å². The van der Waals surface area contributed by atoms with Crippen LogP contribution in [0.5, 0.6) is 11.5 Å². The number of amides is 1. The lowest BCUT2D eigenvalue weighted by atomic mass is 9.76. The Hall–Kier alpha value is -4.25. The number of phenolic OH excluding ortho intramolecular Hbond substituents is 1. The van der Waals surface area contributed by atoms with Gasteiger partial charge in [-0.3, -0.25) is 15.0 Å². The second kappa shape index (κ2) is 8.47. The number of para-hydroxylation sites is 1. The topological polar surface area (TPSA) is 129 Å². The summed E-state index contributed by atoms with van der Waals surface area (Å²) in [6, 6.07) is 15.1. The average molecular weight is 430 g/mol. The van der Waals surface area contributed by atoms with Crippen LogP contribution in [-0.2, 0) is 4.79 Å². The molecule has 0 saturated carbocycles. The molecule has 1 atom stereocenters. The summed E-state index contributed by atoms with van der Waals surface area (Å²) in [4.78, 5) is 25.9. The average Bonchev–Trinajstić information content (AvgIpc) is 2.81. The van der Waals surface area contributed by atoms with E-state index in [2.05, 4.69) is 11.5 Å². The lowest BCUT2D eigenvalue weighted by Gasteiger charge is -2.39. The van der Waals surface area contributed by atoms with E-state index in [0.29, 0.717) is 47.4 Å². The minimum absolute atomic E-state index is 0.0354. The first-order valence-electron chi connectivity index (χ1n) is 10.1. The Balaban J connectivity index is 1.83. The van der Waals surface area contributed by atoms with Crippen molar-refractivity contribution in [1.29, 1.82) is 5.26 Å². The first kappa shape index (κ1) is 21.0. The maximum atomic E-state index is 13.1. The summed E-state index contributed by atoms with van der Waals surface area (Å²) in [5.41, 5.74) is 11.3. The molecule has 4 rings (SSSR count). The molecular weight excluding hydrogens is 408 g/mol. The van der Waals surface area contributed by atoms with Crippen LogP contribution in [0.2, 0.25) is 0 Å². The molecule has 2 aromatic rings. The predicted octanol–water partition coefficient (Wildman–Crippen LogP) is 2.85. The number of methoxy groups -OCH3 is 1. The van der Waals surface area contributed by atoms with Gasteiger partial charge in [-0.05, 0) is 43.2 Å². The molecule has 32 heavy (non-hydrogen) atoms. The number of nitrogens with zero attached hydrogens (tertiary/aromatic N) is 2. The fourth-order valence-electron chi connectivity index (χ4n) is 4.21. The van der Waals surface area contributed by atoms with E-state index in [1.165, 1.54) is 36.4 Å². The van der Waals surface area contributed by atoms with Crippen LogP contribution in [0.15, 0.2) is 71.2 Å². The van der Waals surface area contributed by atoms with E-state index in [4.69, 9.17) is 10.5 Å². The number of nitrogens with two attached hydrogens (primary N) is 1. The number of phenols is 1. The Bertz CT molecular complexity index is 1190. The summed E-state index contributed by atoms with van der Waals surface area (Å²) in [5, 5.41) is 20.8. The maximum Gasteiger partial charge on any atom is 0.270 e. The monoisotopic (exact) mass is 430 g/mol. The van der Waals surface area contributed by atoms with Gasteiger partial charge >= 0.3 is 0 Å². The molecule has 0 saturated heterocycles. The van der Waals surface area contributed by atoms with Crippen LogP contribution in [0.4, 0.5) is 0 Å². The van der Waals surface area contributed by atoms with Gasteiger partial charge in [-0.15, -0.1) is 0 Å². The highest BCUT2D eigenvalue weighted by molar-refractivity contribution is 6.00. The number of ketones is 1. The molecule has 0 fully saturated rings. The van der Waals surface area contributed by atoms with Gasteiger partial charge in [0.25, 0.3) is 5.91 Å². The molecular formula is C24H22N4O4. The third kappa shape index (κ3) is 3.54. The van der Waals surface area contributed by atoms with Crippen molar-refractivity contribution in [3.63, 3.8) is 0 Å². The third-order valence-corrected chi connectivity index (χ3v) is 5.71. The molecule has 1 unspecified atom stereocenters. The number of Topliss-reactive ketones (excluding diaryl/α,β-unsaturated/α-hetero) is 1. The van der Waals surface area contributed by atoms with E-state index in [9.17, 15) is 20.0 Å². The normalized spacial score (nSPS) is 18.2. The Morgan fingerprint density at radius 3 is 2.62 bits per heavy atom. The smallest absolute Gasteiger partial charge is 0.270 e. The van der Waals surface area contributed by atoms with Crippen molar-refractivity contribution in [3.8, 4) is 17.6 Å². The van der Waals surface area contributed by atoms with Gasteiger partial charge in [-0.25, -0.2) is 5.01 Å². The molecule has 1 amide bonds. The molecule has 8 nitrogen and oxygen atoms in total. The van der Waals surface area contributed by atoms with Gasteiger partial charge in [0.2, 0.25) is 0 Å². The summed E-state index contributed by atoms with van der Waals surface area (Å²) in [6.45, 7) is 0. The van der Waals surface area contributed by atoms with Gasteiger partial charge in [0.05, 0.1) is 24.7 Å². The number of ether oxygens (including phenoxy) is 1. The van der Waals surface area contributed by atoms with E-state index < -0.39 is 11.8 Å². The Kier molecular flexibility index (Phi) is 5.56. The number of hydrogen-bond donors (Lipinski definition) is 3. The fraction of sp³-hybridized carbons (Fsp3) is 0.208. The minimum atomic E-state index is -0.680. The van der Waals surface area contributed by atoms with Crippen LogP contribution in [0.25, 0.3) is 0 Å². The van der Waals surface area contributed by atoms with E-state index in [0.717, 1.165) is 0 Å². The van der Waals surface area contributed by atoms with Gasteiger partial charge in [0, 0.05) is 28.8 Å². The number of allylic oxidation sites excluding steroid dienone is 3. The molecule has 1 aliphatic heterocycles. The molecule has 162 valence electrons. The molecule has 1 aliphatic carbocycles. The lowest BCUT2D eigenvalue weighted by Crippen LogP contribution is -2.48. The first-order chi connectivity index (χ1) is 15.5. The van der Waals surface area contributed by atoms with Crippen molar-refractivity contribution in [2.45, 2.75) is 25.2 Å². The zero-order valence-electron chi connectivity index (χ0n) is 17.5. The van der Waals surface area contributed by atoms with Crippen LogP contribution in [0, 0.1) is 11.3 Å². The second-order valence-corrected chi connectivity index (χ2v) is 7.55. The van der Waals surface area contributed by atoms with Gasteiger partial charge < -0.3 is 15.6 Å². The fourth-order valence-corrected chi connectivity index (χ4v) is 4.21. The number of rotatable bonds is 4. The number of carbonyl (C=O) groups excluding carboxylic acids is 2. The van der Waals surface area contributed by atoms with Crippen molar-refractivity contribution >= 4 is 11.7 Å². The highest BCUT2D eigenvalue weighted by atomic mass is 16.5. The zero-order chi connectivity index (χ0) is 22.8. The van der Waals surface area contributed by atoms with Gasteiger partial charge in [0.1, 0.15) is 17.3 Å². The molecule has 0 spiro atoms. The summed E-state index contributed by atoms with van der Waals surface area (Å²) in [5.74, 6) is -0.611. The maximum absolute atomic E-state index is 13.1. The van der Waals surface area contributed by atoms with E-state index in [-0.39, 0.29) is 22.9 Å². The number of nitriles is 1.